The largest absolute Gasteiger partial charge is 1.00 e. The van der Waals surface area contributed by atoms with Crippen LogP contribution < -0.4 is 34.7 Å². The summed E-state index contributed by atoms with van der Waals surface area (Å²) >= 11 is 0. The van der Waals surface area contributed by atoms with E-state index >= 15 is 0 Å². The third kappa shape index (κ3) is 10.6. The summed E-state index contributed by atoms with van der Waals surface area (Å²) in [6, 6.07) is 9.83. The summed E-state index contributed by atoms with van der Waals surface area (Å²) in [6.45, 7) is 5.39. The number of hydrogen-bond donors (Lipinski definition) is 0. The molecule has 1 aliphatic heterocycles. The molecule has 2 fully saturated rings. The number of amides is 1. The SMILES string of the molecule is CCC(=O)O[C@@H](O[P@](=O)(CCCCc1ccccc1)CC(=O)N1C[C@H](C(=O)[O-])C[C@H]1C1CCCCC1)C(C)C.[Na+]. The van der Waals surface area contributed by atoms with Gasteiger partial charge in [0.2, 0.25) is 19.6 Å². The van der Waals surface area contributed by atoms with Crippen molar-refractivity contribution in [2.24, 2.45) is 17.8 Å². The Hall–Kier alpha value is -1.18. The quantitative estimate of drug-likeness (QED) is 0.108. The van der Waals surface area contributed by atoms with Gasteiger partial charge in [-0.2, -0.15) is 0 Å². The van der Waals surface area contributed by atoms with Crippen LogP contribution in [0.5, 0.6) is 0 Å². The number of nitrogens with zero attached hydrogens (tertiary/aromatic N) is 1. The molecule has 1 saturated carbocycles. The number of rotatable bonds is 14. The molecule has 40 heavy (non-hydrogen) atoms. The van der Waals surface area contributed by atoms with Crippen LogP contribution in [0.25, 0.3) is 0 Å². The van der Waals surface area contributed by atoms with Gasteiger partial charge >= 0.3 is 35.5 Å². The van der Waals surface area contributed by atoms with Gasteiger partial charge in [0.05, 0.1) is 0 Å². The number of benzene rings is 1. The first-order valence-electron chi connectivity index (χ1n) is 14.6. The average Bonchev–Trinajstić information content (AvgIpc) is 3.38. The van der Waals surface area contributed by atoms with E-state index in [-0.39, 0.29) is 78.6 Å². The van der Waals surface area contributed by atoms with Crippen molar-refractivity contribution in [3.05, 3.63) is 35.9 Å². The summed E-state index contributed by atoms with van der Waals surface area (Å²) in [6.07, 6.45) is 6.77. The monoisotopic (exact) mass is 585 g/mol. The maximum atomic E-state index is 14.3. The number of aryl methyl sites for hydroxylation is 1. The van der Waals surface area contributed by atoms with Gasteiger partial charge in [-0.1, -0.05) is 70.4 Å². The Balaban J connectivity index is 0.00000560. The van der Waals surface area contributed by atoms with Crippen LogP contribution in [0.4, 0.5) is 0 Å². The molecule has 1 aliphatic carbocycles. The van der Waals surface area contributed by atoms with Crippen LogP contribution in [-0.4, -0.2) is 53.9 Å². The number of hydrogen-bond acceptors (Lipinski definition) is 7. The maximum absolute atomic E-state index is 14.3. The fourth-order valence-electron chi connectivity index (χ4n) is 5.76. The van der Waals surface area contributed by atoms with Gasteiger partial charge in [0.25, 0.3) is 0 Å². The van der Waals surface area contributed by atoms with Gasteiger partial charge < -0.3 is 19.5 Å². The Labute approximate surface area is 261 Å². The summed E-state index contributed by atoms with van der Waals surface area (Å²) in [5, 5.41) is 11.7. The molecule has 0 bridgehead atoms. The van der Waals surface area contributed by atoms with Crippen LogP contribution in [0.2, 0.25) is 0 Å². The zero-order chi connectivity index (χ0) is 28.4. The Morgan fingerprint density at radius 3 is 2.35 bits per heavy atom. The van der Waals surface area contributed by atoms with Crippen LogP contribution in [-0.2, 0) is 34.6 Å². The zero-order valence-corrected chi connectivity index (χ0v) is 27.6. The molecule has 8 nitrogen and oxygen atoms in total. The fraction of sp³-hybridized carbons (Fsp3) is 0.700. The van der Waals surface area contributed by atoms with E-state index in [1.54, 1.807) is 11.8 Å². The first-order chi connectivity index (χ1) is 18.6. The third-order valence-electron chi connectivity index (χ3n) is 8.00. The van der Waals surface area contributed by atoms with Gasteiger partial charge in [0.15, 0.2) is 0 Å². The number of carboxylic acid groups (broad SMARTS) is 1. The molecule has 0 spiro atoms. The van der Waals surface area contributed by atoms with Gasteiger partial charge in [-0.05, 0) is 50.0 Å². The van der Waals surface area contributed by atoms with Crippen molar-refractivity contribution in [1.29, 1.82) is 0 Å². The van der Waals surface area contributed by atoms with E-state index in [0.29, 0.717) is 12.8 Å². The van der Waals surface area contributed by atoms with E-state index in [0.717, 1.165) is 44.9 Å². The molecule has 10 heteroatoms. The van der Waals surface area contributed by atoms with E-state index in [1.807, 2.05) is 44.2 Å². The van der Waals surface area contributed by atoms with Crippen LogP contribution >= 0.6 is 7.37 Å². The summed E-state index contributed by atoms with van der Waals surface area (Å²) in [7, 11) is -3.57. The zero-order valence-electron chi connectivity index (χ0n) is 24.7. The molecule has 218 valence electrons. The molecule has 0 unspecified atom stereocenters. The van der Waals surface area contributed by atoms with Gasteiger partial charge in [-0.3, -0.25) is 18.7 Å². The molecule has 1 amide bonds. The number of carbonyl (C=O) groups is 3. The summed E-state index contributed by atoms with van der Waals surface area (Å²) < 4.78 is 25.8. The first kappa shape index (κ1) is 35.0. The van der Waals surface area contributed by atoms with Gasteiger partial charge in [0, 0.05) is 43.0 Å². The van der Waals surface area contributed by atoms with E-state index in [4.69, 9.17) is 9.26 Å². The van der Waals surface area contributed by atoms with Crippen LogP contribution in [0.15, 0.2) is 30.3 Å². The number of likely N-dealkylation sites (tertiary alicyclic amines) is 1. The van der Waals surface area contributed by atoms with Crippen molar-refractivity contribution in [1.82, 2.24) is 4.90 Å². The predicted molar refractivity (Wildman–Crippen MR) is 148 cm³/mol. The standard InChI is InChI=1S/C30H46NO7P.Na/c1-4-28(33)37-30(22(2)3)38-39(36,18-12-11-15-23-13-7-5-8-14-23)21-27(32)31-20-25(29(34)35)19-26(31)24-16-9-6-10-17-24;/h5,7-8,13-14,22,24-26,30H,4,6,9-12,15-21H2,1-3H3,(H,34,35);/q;+1/p-1/t25-,26+,30+,39-;/m1./s1. The van der Waals surface area contributed by atoms with Crippen molar-refractivity contribution in [3.63, 3.8) is 0 Å². The number of ether oxygens (including phenoxy) is 1. The number of aliphatic carboxylic acids is 1. The van der Waals surface area contributed by atoms with E-state index in [1.165, 1.54) is 5.56 Å². The maximum Gasteiger partial charge on any atom is 1.00 e. The fourth-order valence-corrected chi connectivity index (χ4v) is 8.07. The predicted octanol–water partition coefficient (Wildman–Crippen LogP) is 1.79. The van der Waals surface area contributed by atoms with Crippen LogP contribution in [0, 0.1) is 17.8 Å². The molecule has 0 radical (unpaired) electrons. The first-order valence-corrected chi connectivity index (χ1v) is 16.6. The third-order valence-corrected chi connectivity index (χ3v) is 10.3. The second-order valence-electron chi connectivity index (χ2n) is 11.5. The summed E-state index contributed by atoms with van der Waals surface area (Å²) in [4.78, 5) is 39.2. The second-order valence-corrected chi connectivity index (χ2v) is 14.1. The van der Waals surface area contributed by atoms with E-state index < -0.39 is 31.5 Å². The van der Waals surface area contributed by atoms with Crippen molar-refractivity contribution in [2.75, 3.05) is 18.9 Å². The molecule has 3 rings (SSSR count). The summed E-state index contributed by atoms with van der Waals surface area (Å²) in [5.74, 6) is -2.67. The Bertz CT molecular complexity index is 999. The van der Waals surface area contributed by atoms with E-state index in [9.17, 15) is 24.1 Å². The van der Waals surface area contributed by atoms with Crippen molar-refractivity contribution in [2.45, 2.75) is 97.3 Å². The molecule has 1 heterocycles. The minimum absolute atomic E-state index is 0. The molecule has 2 aliphatic rings. The minimum Gasteiger partial charge on any atom is -0.550 e. The molecule has 1 aromatic carbocycles. The average molecular weight is 586 g/mol. The summed E-state index contributed by atoms with van der Waals surface area (Å²) in [5.41, 5.74) is 1.18. The molecule has 4 atom stereocenters. The number of carboxylic acids is 1. The molecular formula is C30H45NNaO7P. The van der Waals surface area contributed by atoms with E-state index in [2.05, 4.69) is 0 Å². The molecule has 0 aromatic heterocycles. The van der Waals surface area contributed by atoms with Gasteiger partial charge in [-0.25, -0.2) is 0 Å². The smallest absolute Gasteiger partial charge is 0.550 e. The topological polar surface area (TPSA) is 113 Å². The molecule has 0 N–H and O–H groups in total. The Morgan fingerprint density at radius 2 is 1.75 bits per heavy atom. The van der Waals surface area contributed by atoms with Gasteiger partial charge in [-0.15, -0.1) is 0 Å². The normalized spacial score (nSPS) is 21.9. The Morgan fingerprint density at radius 1 is 1.07 bits per heavy atom. The second kappa shape index (κ2) is 17.1. The molecule has 1 aromatic rings. The Kier molecular flexibility index (Phi) is 14.9. The number of carbonyl (C=O) groups excluding carboxylic acids is 3. The number of unbranched alkanes of at least 4 members (excludes halogenated alkanes) is 1. The molecular weight excluding hydrogens is 540 g/mol. The van der Waals surface area contributed by atoms with Crippen LogP contribution in [0.3, 0.4) is 0 Å². The van der Waals surface area contributed by atoms with Crippen LogP contribution in [0.1, 0.15) is 84.1 Å². The van der Waals surface area contributed by atoms with Crippen molar-refractivity contribution >= 4 is 25.2 Å². The number of esters is 1. The molecule has 1 saturated heterocycles. The minimum atomic E-state index is -3.57. The van der Waals surface area contributed by atoms with Crippen molar-refractivity contribution < 1.29 is 62.9 Å². The van der Waals surface area contributed by atoms with Crippen molar-refractivity contribution in [3.8, 4) is 0 Å². The van der Waals surface area contributed by atoms with Gasteiger partial charge in [0.1, 0.15) is 6.16 Å².